The lowest BCUT2D eigenvalue weighted by atomic mass is 10.0. The lowest BCUT2D eigenvalue weighted by molar-refractivity contribution is -0.132. The van der Waals surface area contributed by atoms with Crippen LogP contribution in [0.25, 0.3) is 11.3 Å². The molecule has 0 saturated heterocycles. The smallest absolute Gasteiger partial charge is 0.226 e. The fraction of sp³-hybridized carbons (Fsp3) is 0.238. The summed E-state index contributed by atoms with van der Waals surface area (Å²) in [5.74, 6) is 0.645. The molecule has 0 spiro atoms. The normalized spacial score (nSPS) is 13.3. The molecular formula is C21H19Cl2N3O2. The van der Waals surface area contributed by atoms with E-state index in [-0.39, 0.29) is 5.91 Å². The van der Waals surface area contributed by atoms with Gasteiger partial charge in [-0.15, -0.1) is 0 Å². The topological polar surface area (TPSA) is 58.2 Å². The van der Waals surface area contributed by atoms with Crippen molar-refractivity contribution in [1.29, 1.82) is 0 Å². The molecule has 1 aromatic heterocycles. The summed E-state index contributed by atoms with van der Waals surface area (Å²) in [6, 6.07) is 14.8. The van der Waals surface area contributed by atoms with Crippen molar-refractivity contribution in [2.45, 2.75) is 19.4 Å². The van der Waals surface area contributed by atoms with Gasteiger partial charge in [-0.3, -0.25) is 9.89 Å². The van der Waals surface area contributed by atoms with Crippen LogP contribution >= 0.6 is 23.2 Å². The molecule has 3 aromatic rings. The van der Waals surface area contributed by atoms with Gasteiger partial charge >= 0.3 is 0 Å². The van der Waals surface area contributed by atoms with Crippen molar-refractivity contribution in [3.63, 3.8) is 0 Å². The monoisotopic (exact) mass is 415 g/mol. The van der Waals surface area contributed by atoms with Crippen LogP contribution in [0.2, 0.25) is 10.0 Å². The van der Waals surface area contributed by atoms with Gasteiger partial charge < -0.3 is 9.64 Å². The molecule has 0 atom stereocenters. The number of aromatic nitrogens is 2. The van der Waals surface area contributed by atoms with Gasteiger partial charge in [-0.25, -0.2) is 0 Å². The van der Waals surface area contributed by atoms with Gasteiger partial charge in [-0.05, 0) is 24.3 Å². The van der Waals surface area contributed by atoms with Gasteiger partial charge in [-0.1, -0.05) is 47.5 Å². The van der Waals surface area contributed by atoms with E-state index in [1.165, 1.54) is 0 Å². The van der Waals surface area contributed by atoms with Gasteiger partial charge in [0.1, 0.15) is 5.75 Å². The van der Waals surface area contributed by atoms with Gasteiger partial charge in [0.25, 0.3) is 0 Å². The molecule has 7 heteroatoms. The zero-order chi connectivity index (χ0) is 19.5. The molecule has 0 aliphatic carbocycles. The van der Waals surface area contributed by atoms with Crippen molar-refractivity contribution in [2.75, 3.05) is 13.2 Å². The number of amides is 1. The molecule has 5 nitrogen and oxygen atoms in total. The molecule has 28 heavy (non-hydrogen) atoms. The molecule has 1 amide bonds. The number of halogens is 2. The Bertz CT molecular complexity index is 1000. The van der Waals surface area contributed by atoms with Crippen molar-refractivity contribution in [3.05, 3.63) is 69.8 Å². The van der Waals surface area contributed by atoms with Crippen molar-refractivity contribution >= 4 is 29.1 Å². The molecule has 0 bridgehead atoms. The lowest BCUT2D eigenvalue weighted by Gasteiger charge is -2.27. The van der Waals surface area contributed by atoms with E-state index in [4.69, 9.17) is 27.9 Å². The zero-order valence-electron chi connectivity index (χ0n) is 15.1. The Morgan fingerprint density at radius 2 is 2.04 bits per heavy atom. The van der Waals surface area contributed by atoms with Crippen LogP contribution in [-0.4, -0.2) is 34.2 Å². The fourth-order valence-corrected chi connectivity index (χ4v) is 3.73. The Hall–Kier alpha value is -2.50. The maximum Gasteiger partial charge on any atom is 0.226 e. The summed E-state index contributed by atoms with van der Waals surface area (Å²) in [4.78, 5) is 14.5. The number of hydrogen-bond donors (Lipinski definition) is 1. The standard InChI is InChI=1S/C21H19Cl2N3O2/c22-15-5-3-4-14(12-15)21-16-13-26(10-8-18(16)24-25-21)20(27)9-11-28-19-7-2-1-6-17(19)23/h1-7,12H,8-11,13H2,(H,24,25). The van der Waals surface area contributed by atoms with Gasteiger partial charge in [0.2, 0.25) is 5.91 Å². The van der Waals surface area contributed by atoms with Crippen LogP contribution in [0.5, 0.6) is 5.75 Å². The summed E-state index contributed by atoms with van der Waals surface area (Å²) >= 11 is 12.2. The third kappa shape index (κ3) is 4.01. The summed E-state index contributed by atoms with van der Waals surface area (Å²) < 4.78 is 5.65. The maximum atomic E-state index is 12.7. The Labute approximate surface area is 173 Å². The molecular weight excluding hydrogens is 397 g/mol. The largest absolute Gasteiger partial charge is 0.491 e. The predicted octanol–water partition coefficient (Wildman–Crippen LogP) is 4.74. The first-order valence-corrected chi connectivity index (χ1v) is 9.84. The second kappa shape index (κ2) is 8.25. The second-order valence-corrected chi connectivity index (χ2v) is 7.48. The Balaban J connectivity index is 1.41. The minimum atomic E-state index is 0.0518. The number of para-hydroxylation sites is 1. The van der Waals surface area contributed by atoms with Crippen LogP contribution in [0.1, 0.15) is 17.7 Å². The zero-order valence-corrected chi connectivity index (χ0v) is 16.6. The van der Waals surface area contributed by atoms with Crippen LogP contribution in [0, 0.1) is 0 Å². The third-order valence-electron chi connectivity index (χ3n) is 4.79. The summed E-state index contributed by atoms with van der Waals surface area (Å²) in [6.07, 6.45) is 1.05. The van der Waals surface area contributed by atoms with Gasteiger partial charge in [0.05, 0.1) is 23.7 Å². The molecule has 0 unspecified atom stereocenters. The highest BCUT2D eigenvalue weighted by molar-refractivity contribution is 6.32. The van der Waals surface area contributed by atoms with E-state index in [1.54, 1.807) is 12.1 Å². The first-order chi connectivity index (χ1) is 13.6. The number of fused-ring (bicyclic) bond motifs is 1. The van der Waals surface area contributed by atoms with Crippen molar-refractivity contribution < 1.29 is 9.53 Å². The number of carbonyl (C=O) groups excluding carboxylic acids is 1. The molecule has 1 aliphatic heterocycles. The van der Waals surface area contributed by atoms with E-state index in [1.807, 2.05) is 41.3 Å². The second-order valence-electron chi connectivity index (χ2n) is 6.63. The fourth-order valence-electron chi connectivity index (χ4n) is 3.35. The number of hydrogen-bond acceptors (Lipinski definition) is 3. The third-order valence-corrected chi connectivity index (χ3v) is 5.34. The number of nitrogens with one attached hydrogen (secondary N) is 1. The minimum Gasteiger partial charge on any atom is -0.491 e. The molecule has 1 aliphatic rings. The van der Waals surface area contributed by atoms with Gasteiger partial charge in [0.15, 0.2) is 0 Å². The Morgan fingerprint density at radius 3 is 2.86 bits per heavy atom. The highest BCUT2D eigenvalue weighted by Crippen LogP contribution is 2.30. The molecule has 4 rings (SSSR count). The molecule has 1 N–H and O–H groups in total. The average Bonchev–Trinajstić information content (AvgIpc) is 3.12. The molecule has 0 fully saturated rings. The number of nitrogens with zero attached hydrogens (tertiary/aromatic N) is 2. The van der Waals surface area contributed by atoms with E-state index >= 15 is 0 Å². The van der Waals surface area contributed by atoms with Crippen LogP contribution < -0.4 is 4.74 Å². The molecule has 0 radical (unpaired) electrons. The number of aromatic amines is 1. The number of ether oxygens (including phenoxy) is 1. The minimum absolute atomic E-state index is 0.0518. The van der Waals surface area contributed by atoms with Crippen LogP contribution in [0.4, 0.5) is 0 Å². The first-order valence-electron chi connectivity index (χ1n) is 9.09. The Morgan fingerprint density at radius 1 is 1.18 bits per heavy atom. The Kier molecular flexibility index (Phi) is 5.55. The highest BCUT2D eigenvalue weighted by Gasteiger charge is 2.25. The average molecular weight is 416 g/mol. The summed E-state index contributed by atoms with van der Waals surface area (Å²) in [6.45, 7) is 1.48. The summed E-state index contributed by atoms with van der Waals surface area (Å²) in [7, 11) is 0. The number of benzene rings is 2. The van der Waals surface area contributed by atoms with Crippen LogP contribution in [-0.2, 0) is 17.8 Å². The number of H-pyrrole nitrogens is 1. The first kappa shape index (κ1) is 18.8. The van der Waals surface area contributed by atoms with E-state index in [0.29, 0.717) is 41.9 Å². The van der Waals surface area contributed by atoms with Crippen LogP contribution in [0.15, 0.2) is 48.5 Å². The quantitative estimate of drug-likeness (QED) is 0.654. The molecule has 0 saturated carbocycles. The van der Waals surface area contributed by atoms with E-state index in [0.717, 1.165) is 28.9 Å². The van der Waals surface area contributed by atoms with Crippen molar-refractivity contribution in [2.24, 2.45) is 0 Å². The van der Waals surface area contributed by atoms with Crippen molar-refractivity contribution in [1.82, 2.24) is 15.1 Å². The van der Waals surface area contributed by atoms with Crippen LogP contribution in [0.3, 0.4) is 0 Å². The SMILES string of the molecule is O=C(CCOc1ccccc1Cl)N1CCc2[nH]nc(-c3cccc(Cl)c3)c2C1. The molecule has 2 aromatic carbocycles. The van der Waals surface area contributed by atoms with E-state index in [9.17, 15) is 4.79 Å². The highest BCUT2D eigenvalue weighted by atomic mass is 35.5. The predicted molar refractivity (Wildman–Crippen MR) is 110 cm³/mol. The molecule has 144 valence electrons. The van der Waals surface area contributed by atoms with E-state index < -0.39 is 0 Å². The summed E-state index contributed by atoms with van der Waals surface area (Å²) in [5.41, 5.74) is 3.92. The summed E-state index contributed by atoms with van der Waals surface area (Å²) in [5, 5.41) is 8.76. The van der Waals surface area contributed by atoms with E-state index in [2.05, 4.69) is 10.2 Å². The van der Waals surface area contributed by atoms with Crippen molar-refractivity contribution in [3.8, 4) is 17.0 Å². The van der Waals surface area contributed by atoms with Gasteiger partial charge in [0, 0.05) is 41.4 Å². The number of carbonyl (C=O) groups is 1. The van der Waals surface area contributed by atoms with Gasteiger partial charge in [-0.2, -0.15) is 5.10 Å². The number of rotatable bonds is 5. The lowest BCUT2D eigenvalue weighted by Crippen LogP contribution is -2.36. The molecule has 2 heterocycles. The maximum absolute atomic E-state index is 12.7.